The standard InChI is InChI=1S/C14Cl6O8S2/c15-9(21)1-3(11(17)23)27-5(13(19)25)7(1)29-30-8-2(10(16)22)4(12(18)24)28-6(8)14(20)26. The Morgan fingerprint density at radius 3 is 0.933 bits per heavy atom. The van der Waals surface area contributed by atoms with Crippen molar-refractivity contribution in [1.29, 1.82) is 0 Å². The van der Waals surface area contributed by atoms with Crippen LogP contribution in [0.25, 0.3) is 0 Å². The second-order valence-electron chi connectivity index (χ2n) is 4.74. The van der Waals surface area contributed by atoms with Gasteiger partial charge in [0.2, 0.25) is 11.5 Å². The monoisotopic (exact) mass is 570 g/mol. The third-order valence-electron chi connectivity index (χ3n) is 3.04. The molecule has 0 saturated carbocycles. The van der Waals surface area contributed by atoms with E-state index >= 15 is 0 Å². The summed E-state index contributed by atoms with van der Waals surface area (Å²) in [4.78, 5) is 69.1. The average molecular weight is 573 g/mol. The summed E-state index contributed by atoms with van der Waals surface area (Å²) < 4.78 is 9.86. The van der Waals surface area contributed by atoms with Crippen LogP contribution in [-0.4, -0.2) is 31.5 Å². The Morgan fingerprint density at radius 1 is 0.467 bits per heavy atom. The van der Waals surface area contributed by atoms with Gasteiger partial charge in [0.05, 0.1) is 9.79 Å². The van der Waals surface area contributed by atoms with E-state index in [0.717, 1.165) is 0 Å². The maximum absolute atomic E-state index is 11.8. The molecule has 0 saturated heterocycles. The van der Waals surface area contributed by atoms with Gasteiger partial charge in [0.15, 0.2) is 11.5 Å². The fraction of sp³-hybridized carbons (Fsp3) is 0. The molecule has 0 aliphatic heterocycles. The highest BCUT2D eigenvalue weighted by Crippen LogP contribution is 2.48. The molecule has 0 aliphatic rings. The zero-order valence-electron chi connectivity index (χ0n) is 13.4. The molecule has 0 aromatic carbocycles. The SMILES string of the molecule is O=C(Cl)c1oc(C(=O)Cl)c(C(=O)Cl)c1SSc1c(C(=O)Cl)oc(C(=O)Cl)c1C(=O)Cl. The molecule has 16 heteroatoms. The van der Waals surface area contributed by atoms with Crippen molar-refractivity contribution in [2.45, 2.75) is 9.79 Å². The topological polar surface area (TPSA) is 129 Å². The average Bonchev–Trinajstić information content (AvgIpc) is 3.18. The summed E-state index contributed by atoms with van der Waals surface area (Å²) in [5.74, 6) is -2.90. The van der Waals surface area contributed by atoms with Crippen molar-refractivity contribution in [2.75, 3.05) is 0 Å². The Hall–Kier alpha value is -0.980. The van der Waals surface area contributed by atoms with E-state index in [-0.39, 0.29) is 9.79 Å². The third-order valence-corrected chi connectivity index (χ3v) is 6.55. The van der Waals surface area contributed by atoms with Crippen molar-refractivity contribution in [3.8, 4) is 0 Å². The van der Waals surface area contributed by atoms with Crippen molar-refractivity contribution in [3.05, 3.63) is 34.2 Å². The predicted molar refractivity (Wildman–Crippen MR) is 110 cm³/mol. The fourth-order valence-electron chi connectivity index (χ4n) is 1.97. The maximum Gasteiger partial charge on any atom is 0.289 e. The lowest BCUT2D eigenvalue weighted by atomic mass is 10.2. The molecular formula is C14Cl6O8S2. The first-order chi connectivity index (χ1) is 13.9. The summed E-state index contributed by atoms with van der Waals surface area (Å²) in [6.07, 6.45) is 0. The van der Waals surface area contributed by atoms with Crippen LogP contribution in [-0.2, 0) is 0 Å². The molecule has 0 amide bonds. The molecule has 0 atom stereocenters. The molecule has 2 aromatic rings. The molecule has 158 valence electrons. The summed E-state index contributed by atoms with van der Waals surface area (Å²) in [6.45, 7) is 0. The van der Waals surface area contributed by atoms with Crippen LogP contribution < -0.4 is 0 Å². The summed E-state index contributed by atoms with van der Waals surface area (Å²) in [6, 6.07) is 0. The van der Waals surface area contributed by atoms with Gasteiger partial charge in [0.25, 0.3) is 31.5 Å². The van der Waals surface area contributed by atoms with Crippen LogP contribution in [0.3, 0.4) is 0 Å². The summed E-state index contributed by atoms with van der Waals surface area (Å²) in [5.41, 5.74) is -1.21. The molecule has 0 unspecified atom stereocenters. The van der Waals surface area contributed by atoms with Crippen LogP contribution in [0.2, 0.25) is 0 Å². The van der Waals surface area contributed by atoms with Crippen LogP contribution in [0, 0.1) is 0 Å². The molecule has 2 aromatic heterocycles. The Balaban J connectivity index is 2.67. The van der Waals surface area contributed by atoms with Gasteiger partial charge in [0, 0.05) is 0 Å². The highest BCUT2D eigenvalue weighted by molar-refractivity contribution is 8.76. The highest BCUT2D eigenvalue weighted by atomic mass is 35.5. The van der Waals surface area contributed by atoms with Crippen LogP contribution in [0.5, 0.6) is 0 Å². The number of halogens is 6. The molecule has 0 aliphatic carbocycles. The second-order valence-corrected chi connectivity index (χ2v) is 8.95. The molecule has 2 heterocycles. The van der Waals surface area contributed by atoms with Gasteiger partial charge in [-0.25, -0.2) is 0 Å². The van der Waals surface area contributed by atoms with Gasteiger partial charge in [-0.1, -0.05) is 0 Å². The van der Waals surface area contributed by atoms with Gasteiger partial charge in [-0.05, 0) is 91.2 Å². The quantitative estimate of drug-likeness (QED) is 0.262. The number of hydrogen-bond donors (Lipinski definition) is 0. The third kappa shape index (κ3) is 5.08. The van der Waals surface area contributed by atoms with E-state index in [1.54, 1.807) is 0 Å². The van der Waals surface area contributed by atoms with Crippen molar-refractivity contribution in [1.82, 2.24) is 0 Å². The summed E-state index contributed by atoms with van der Waals surface area (Å²) in [5, 5.41) is -7.45. The van der Waals surface area contributed by atoms with E-state index in [1.165, 1.54) is 0 Å². The van der Waals surface area contributed by atoms with E-state index < -0.39 is 65.6 Å². The molecule has 0 radical (unpaired) electrons. The number of rotatable bonds is 9. The molecule has 0 bridgehead atoms. The van der Waals surface area contributed by atoms with E-state index in [1.807, 2.05) is 0 Å². The normalized spacial score (nSPS) is 10.7. The van der Waals surface area contributed by atoms with Crippen molar-refractivity contribution >= 4 is 123 Å². The lowest BCUT2D eigenvalue weighted by Gasteiger charge is -2.02. The van der Waals surface area contributed by atoms with E-state index in [2.05, 4.69) is 0 Å². The first-order valence-electron chi connectivity index (χ1n) is 6.75. The van der Waals surface area contributed by atoms with Gasteiger partial charge in [-0.2, -0.15) is 0 Å². The zero-order chi connectivity index (χ0) is 22.9. The van der Waals surface area contributed by atoms with Crippen molar-refractivity contribution in [2.24, 2.45) is 0 Å². The maximum atomic E-state index is 11.8. The smallest absolute Gasteiger partial charge is 0.289 e. The van der Waals surface area contributed by atoms with Gasteiger partial charge in [0.1, 0.15) is 11.1 Å². The van der Waals surface area contributed by atoms with Crippen LogP contribution in [0.4, 0.5) is 0 Å². The predicted octanol–water partition coefficient (Wildman–Crippen LogP) is 5.95. The van der Waals surface area contributed by atoms with Crippen LogP contribution in [0.1, 0.15) is 62.9 Å². The van der Waals surface area contributed by atoms with Gasteiger partial charge in [-0.15, -0.1) is 0 Å². The molecule has 30 heavy (non-hydrogen) atoms. The van der Waals surface area contributed by atoms with E-state index in [4.69, 9.17) is 78.4 Å². The molecular weight excluding hydrogens is 573 g/mol. The van der Waals surface area contributed by atoms with Crippen molar-refractivity contribution < 1.29 is 37.6 Å². The molecule has 0 fully saturated rings. The lowest BCUT2D eigenvalue weighted by molar-refractivity contribution is 0.101. The van der Waals surface area contributed by atoms with Crippen LogP contribution >= 0.6 is 91.2 Å². The summed E-state index contributed by atoms with van der Waals surface area (Å²) in [7, 11) is 0.950. The van der Waals surface area contributed by atoms with Crippen LogP contribution in [0.15, 0.2) is 18.6 Å². The first-order valence-corrected chi connectivity index (χ1v) is 11.2. The van der Waals surface area contributed by atoms with Gasteiger partial charge >= 0.3 is 0 Å². The minimum atomic E-state index is -1.26. The number of carbonyl (C=O) groups is 6. The van der Waals surface area contributed by atoms with Crippen molar-refractivity contribution in [3.63, 3.8) is 0 Å². The first kappa shape index (κ1) is 25.3. The Bertz CT molecular complexity index is 1050. The minimum absolute atomic E-state index is 0.370. The Kier molecular flexibility index (Phi) is 8.51. The molecule has 0 spiro atoms. The Labute approximate surface area is 203 Å². The van der Waals surface area contributed by atoms with E-state index in [9.17, 15) is 28.8 Å². The number of furan rings is 2. The van der Waals surface area contributed by atoms with Gasteiger partial charge < -0.3 is 8.83 Å². The molecule has 0 N–H and O–H groups in total. The number of hydrogen-bond acceptors (Lipinski definition) is 10. The van der Waals surface area contributed by atoms with Gasteiger partial charge in [-0.3, -0.25) is 28.8 Å². The summed E-state index contributed by atoms with van der Waals surface area (Å²) >= 11 is 32.3. The Morgan fingerprint density at radius 2 is 0.733 bits per heavy atom. The lowest BCUT2D eigenvalue weighted by Crippen LogP contribution is -1.99. The van der Waals surface area contributed by atoms with E-state index in [0.29, 0.717) is 21.6 Å². The fourth-order valence-corrected chi connectivity index (χ4v) is 5.66. The highest BCUT2D eigenvalue weighted by Gasteiger charge is 2.35. The minimum Gasteiger partial charge on any atom is -0.445 e. The largest absolute Gasteiger partial charge is 0.445 e. The molecule has 2 rings (SSSR count). The number of carbonyl (C=O) groups excluding carboxylic acids is 6. The second kappa shape index (κ2) is 10.1. The zero-order valence-corrected chi connectivity index (χ0v) is 19.5. The molecule has 8 nitrogen and oxygen atoms in total.